The zero-order valence-electron chi connectivity index (χ0n) is 15.3. The maximum Gasteiger partial charge on any atom is 0.416 e. The molecule has 0 bridgehead atoms. The summed E-state index contributed by atoms with van der Waals surface area (Å²) in [7, 11) is 0. The Balaban J connectivity index is 1.73. The van der Waals surface area contributed by atoms with Gasteiger partial charge in [-0.15, -0.1) is 0 Å². The van der Waals surface area contributed by atoms with Crippen LogP contribution in [0.3, 0.4) is 0 Å². The third-order valence-corrected chi connectivity index (χ3v) is 6.19. The van der Waals surface area contributed by atoms with Gasteiger partial charge in [0.1, 0.15) is 11.3 Å². The quantitative estimate of drug-likeness (QED) is 0.313. The first kappa shape index (κ1) is 22.2. The van der Waals surface area contributed by atoms with Crippen LogP contribution in [-0.4, -0.2) is 22.0 Å². The number of amides is 1. The molecule has 3 atom stereocenters. The van der Waals surface area contributed by atoms with Crippen LogP contribution in [0.25, 0.3) is 0 Å². The van der Waals surface area contributed by atoms with Gasteiger partial charge in [-0.2, -0.15) is 26.3 Å². The van der Waals surface area contributed by atoms with Gasteiger partial charge in [0.2, 0.25) is 0 Å². The van der Waals surface area contributed by atoms with Gasteiger partial charge in [0, 0.05) is 4.47 Å². The van der Waals surface area contributed by atoms with E-state index in [0.717, 1.165) is 0 Å². The molecule has 2 aliphatic rings. The van der Waals surface area contributed by atoms with E-state index in [2.05, 4.69) is 20.9 Å². The minimum absolute atomic E-state index is 0.0441. The molecule has 1 aromatic heterocycles. The largest absolute Gasteiger partial charge is 0.439 e. The zero-order valence-corrected chi connectivity index (χ0v) is 17.6. The molecule has 0 unspecified atom stereocenters. The van der Waals surface area contributed by atoms with Crippen molar-refractivity contribution in [1.29, 1.82) is 0 Å². The Morgan fingerprint density at radius 1 is 1.03 bits per heavy atom. The molecule has 31 heavy (non-hydrogen) atoms. The molecule has 2 saturated heterocycles. The highest BCUT2D eigenvalue weighted by Crippen LogP contribution is 2.49. The van der Waals surface area contributed by atoms with Gasteiger partial charge in [-0.3, -0.25) is 4.90 Å². The smallest absolute Gasteiger partial charge is 0.416 e. The Bertz CT molecular complexity index is 1010. The second-order valence-electron chi connectivity index (χ2n) is 7.21. The summed E-state index contributed by atoms with van der Waals surface area (Å²) in [6, 6.07) is 3.09. The molecule has 3 heterocycles. The summed E-state index contributed by atoms with van der Waals surface area (Å²) in [6.07, 6.45) is -11.4. The molecule has 0 N–H and O–H groups in total. The number of benzene rings is 1. The van der Waals surface area contributed by atoms with Gasteiger partial charge in [0.15, 0.2) is 0 Å². The van der Waals surface area contributed by atoms with Gasteiger partial charge in [-0.05, 0) is 64.7 Å². The van der Waals surface area contributed by atoms with Gasteiger partial charge in [-0.25, -0.2) is 9.78 Å². The molecule has 2 aliphatic heterocycles. The van der Waals surface area contributed by atoms with Crippen molar-refractivity contribution in [3.8, 4) is 0 Å². The lowest BCUT2D eigenvalue weighted by molar-refractivity contribution is -0.143. The van der Waals surface area contributed by atoms with Crippen LogP contribution in [0.5, 0.6) is 0 Å². The van der Waals surface area contributed by atoms with Crippen LogP contribution < -0.4 is 0 Å². The predicted molar refractivity (Wildman–Crippen MR) is 100 cm³/mol. The lowest BCUT2D eigenvalue weighted by Crippen LogP contribution is -2.31. The number of rotatable bonds is 2. The molecule has 166 valence electrons. The van der Waals surface area contributed by atoms with E-state index in [0.29, 0.717) is 35.1 Å². The summed E-state index contributed by atoms with van der Waals surface area (Å²) in [4.78, 5) is 18.1. The van der Waals surface area contributed by atoms with Crippen LogP contribution >= 0.6 is 27.5 Å². The van der Waals surface area contributed by atoms with E-state index in [1.807, 2.05) is 0 Å². The number of halogens is 8. The van der Waals surface area contributed by atoms with Gasteiger partial charge in [0.25, 0.3) is 0 Å². The number of hydrogen-bond donors (Lipinski definition) is 0. The first-order chi connectivity index (χ1) is 14.4. The molecular weight excluding hydrogens is 518 g/mol. The zero-order chi connectivity index (χ0) is 22.7. The van der Waals surface area contributed by atoms with Crippen LogP contribution in [-0.2, 0) is 17.1 Å². The van der Waals surface area contributed by atoms with Crippen LogP contribution in [0.2, 0.25) is 5.15 Å². The summed E-state index contributed by atoms with van der Waals surface area (Å²) in [5, 5.41) is 0.179. The van der Waals surface area contributed by atoms with Crippen molar-refractivity contribution in [1.82, 2.24) is 9.88 Å². The summed E-state index contributed by atoms with van der Waals surface area (Å²) in [6.45, 7) is 0. The number of hydrogen-bond acceptors (Lipinski definition) is 3. The molecule has 1 aromatic carbocycles. The molecule has 2 aromatic rings. The summed E-state index contributed by atoms with van der Waals surface area (Å²) >= 11 is 9.27. The van der Waals surface area contributed by atoms with Crippen LogP contribution in [0.4, 0.5) is 31.1 Å². The fourth-order valence-corrected chi connectivity index (χ4v) is 4.65. The highest BCUT2D eigenvalue weighted by atomic mass is 79.9. The Hall–Kier alpha value is -2.01. The van der Waals surface area contributed by atoms with E-state index in [9.17, 15) is 31.1 Å². The Morgan fingerprint density at radius 2 is 1.65 bits per heavy atom. The van der Waals surface area contributed by atoms with Gasteiger partial charge in [0.05, 0.1) is 28.9 Å². The number of aromatic nitrogens is 1. The van der Waals surface area contributed by atoms with E-state index < -0.39 is 47.8 Å². The summed E-state index contributed by atoms with van der Waals surface area (Å²) in [5.74, 6) is 0. The van der Waals surface area contributed by atoms with Crippen molar-refractivity contribution in [2.45, 2.75) is 43.4 Å². The van der Waals surface area contributed by atoms with E-state index >= 15 is 0 Å². The Labute approximate surface area is 185 Å². The number of pyridine rings is 1. The van der Waals surface area contributed by atoms with Crippen molar-refractivity contribution in [3.05, 3.63) is 62.3 Å². The van der Waals surface area contributed by atoms with Gasteiger partial charge >= 0.3 is 18.4 Å². The molecule has 0 saturated carbocycles. The van der Waals surface area contributed by atoms with Crippen LogP contribution in [0, 0.1) is 0 Å². The summed E-state index contributed by atoms with van der Waals surface area (Å²) < 4.78 is 85.1. The minimum atomic E-state index is -4.99. The summed E-state index contributed by atoms with van der Waals surface area (Å²) in [5.41, 5.74) is -2.84. The Kier molecular flexibility index (Phi) is 5.40. The molecule has 1 amide bonds. The number of carbonyl (C=O) groups excluding carboxylic acids is 1. The van der Waals surface area contributed by atoms with Gasteiger partial charge < -0.3 is 4.74 Å². The molecule has 0 radical (unpaired) electrons. The topological polar surface area (TPSA) is 42.4 Å². The molecular formula is C19H12BrClF6N2O2. The Morgan fingerprint density at radius 3 is 2.23 bits per heavy atom. The second kappa shape index (κ2) is 7.54. The molecule has 12 heteroatoms. The molecule has 4 rings (SSSR count). The maximum absolute atomic E-state index is 13.2. The fraction of sp³-hybridized carbons (Fsp3) is 0.368. The third kappa shape index (κ3) is 4.09. The second-order valence-corrected chi connectivity index (χ2v) is 8.45. The van der Waals surface area contributed by atoms with E-state index in [-0.39, 0.29) is 16.8 Å². The third-order valence-electron chi connectivity index (χ3n) is 5.31. The standard InChI is InChI=1S/C19H12BrClF6N2O2/c20-11-1-4-14(21)28-15(11)12-2-3-13-16(31-17(30)29(12)13)8-5-9(18(22,23)24)7-10(6-8)19(25,26)27/h1,4-7,12-13,16H,2-3H2/t12-,13-,16+/m0/s1. The number of alkyl halides is 6. The van der Waals surface area contributed by atoms with E-state index in [1.54, 1.807) is 6.07 Å². The monoisotopic (exact) mass is 528 g/mol. The van der Waals surface area contributed by atoms with E-state index in [1.165, 1.54) is 11.0 Å². The van der Waals surface area contributed by atoms with Crippen LogP contribution in [0.15, 0.2) is 34.8 Å². The SMILES string of the molecule is O=C1O[C@H](c2cc(C(F)(F)F)cc(C(F)(F)F)c2)[C@@H]2CC[C@@H](c3nc(Cl)ccc3Br)N12. The maximum atomic E-state index is 13.2. The number of fused-ring (bicyclic) bond motifs is 1. The number of nitrogens with zero attached hydrogens (tertiary/aromatic N) is 2. The number of cyclic esters (lactones) is 1. The number of carbonyl (C=O) groups is 1. The average Bonchev–Trinajstić information content (AvgIpc) is 3.23. The molecule has 4 nitrogen and oxygen atoms in total. The normalized spacial score (nSPS) is 23.8. The molecule has 2 fully saturated rings. The first-order valence-electron chi connectivity index (χ1n) is 8.96. The highest BCUT2D eigenvalue weighted by molar-refractivity contribution is 9.10. The van der Waals surface area contributed by atoms with Crippen molar-refractivity contribution >= 4 is 33.6 Å². The number of ether oxygens (including phenoxy) is 1. The van der Waals surface area contributed by atoms with Crippen molar-refractivity contribution in [2.24, 2.45) is 0 Å². The van der Waals surface area contributed by atoms with Crippen molar-refractivity contribution < 1.29 is 35.9 Å². The first-order valence-corrected chi connectivity index (χ1v) is 10.1. The van der Waals surface area contributed by atoms with Crippen molar-refractivity contribution in [2.75, 3.05) is 0 Å². The minimum Gasteiger partial charge on any atom is -0.439 e. The van der Waals surface area contributed by atoms with Crippen LogP contribution in [0.1, 0.15) is 47.4 Å². The lowest BCUT2D eigenvalue weighted by atomic mass is 9.96. The fourth-order valence-electron chi connectivity index (χ4n) is 4.01. The lowest BCUT2D eigenvalue weighted by Gasteiger charge is -2.23. The van der Waals surface area contributed by atoms with Gasteiger partial charge in [-0.1, -0.05) is 11.6 Å². The highest BCUT2D eigenvalue weighted by Gasteiger charge is 2.52. The molecule has 0 spiro atoms. The predicted octanol–water partition coefficient (Wildman–Crippen LogP) is 6.93. The van der Waals surface area contributed by atoms with E-state index in [4.69, 9.17) is 16.3 Å². The van der Waals surface area contributed by atoms with Crippen molar-refractivity contribution in [3.63, 3.8) is 0 Å². The molecule has 0 aliphatic carbocycles. The average molecular weight is 530 g/mol.